The molecule has 88 valence electrons. The topological polar surface area (TPSA) is 51.2 Å². The van der Waals surface area contributed by atoms with Crippen molar-refractivity contribution in [1.29, 1.82) is 0 Å². The van der Waals surface area contributed by atoms with Crippen LogP contribution < -0.4 is 10.1 Å². The molecule has 2 rings (SSSR count). The molecule has 1 N–H and O–H groups in total. The van der Waals surface area contributed by atoms with Crippen molar-refractivity contribution in [3.63, 3.8) is 0 Å². The highest BCUT2D eigenvalue weighted by Gasteiger charge is 2.04. The highest BCUT2D eigenvalue weighted by Crippen LogP contribution is 2.11. The fraction of sp³-hybridized carbons (Fsp3) is 0.167. The summed E-state index contributed by atoms with van der Waals surface area (Å²) in [5, 5.41) is 5.13. The highest BCUT2D eigenvalue weighted by molar-refractivity contribution is 7.13. The Morgan fingerprint density at radius 2 is 2.18 bits per heavy atom. The molecule has 0 saturated heterocycles. The smallest absolute Gasteiger partial charge is 0.229 e. The van der Waals surface area contributed by atoms with E-state index in [1.807, 2.05) is 35.7 Å². The van der Waals surface area contributed by atoms with Gasteiger partial charge in [0.25, 0.3) is 0 Å². The second-order valence-electron chi connectivity index (χ2n) is 3.30. The first-order valence-corrected chi connectivity index (χ1v) is 6.10. The second kappa shape index (κ2) is 6.00. The van der Waals surface area contributed by atoms with Gasteiger partial charge in [0.1, 0.15) is 5.75 Å². The third-order valence-electron chi connectivity index (χ3n) is 2.02. The Labute approximate surface area is 103 Å². The summed E-state index contributed by atoms with van der Waals surface area (Å²) in [4.78, 5) is 15.4. The molecule has 0 fully saturated rings. The molecule has 0 unspecified atom stereocenters. The van der Waals surface area contributed by atoms with E-state index in [0.717, 1.165) is 5.75 Å². The Morgan fingerprint density at radius 1 is 1.35 bits per heavy atom. The zero-order valence-corrected chi connectivity index (χ0v) is 9.94. The highest BCUT2D eigenvalue weighted by atomic mass is 32.1. The molecule has 0 aliphatic rings. The summed E-state index contributed by atoms with van der Waals surface area (Å²) in [7, 11) is 0. The van der Waals surface area contributed by atoms with E-state index in [-0.39, 0.29) is 5.91 Å². The van der Waals surface area contributed by atoms with Crippen molar-refractivity contribution in [1.82, 2.24) is 4.98 Å². The van der Waals surface area contributed by atoms with Gasteiger partial charge in [0.2, 0.25) is 5.91 Å². The molecule has 0 aliphatic heterocycles. The summed E-state index contributed by atoms with van der Waals surface area (Å²) in [6.45, 7) is 0.362. The number of rotatable bonds is 5. The number of carbonyl (C=O) groups excluding carboxylic acids is 1. The van der Waals surface area contributed by atoms with Crippen molar-refractivity contribution in [3.05, 3.63) is 41.9 Å². The second-order valence-corrected chi connectivity index (χ2v) is 4.19. The monoisotopic (exact) mass is 248 g/mol. The lowest BCUT2D eigenvalue weighted by Crippen LogP contribution is -2.14. The van der Waals surface area contributed by atoms with E-state index in [1.165, 1.54) is 11.3 Å². The van der Waals surface area contributed by atoms with Crippen molar-refractivity contribution in [2.45, 2.75) is 6.42 Å². The van der Waals surface area contributed by atoms with Gasteiger partial charge in [-0.15, -0.1) is 11.3 Å². The standard InChI is InChI=1S/C12H12N2O2S/c15-11(14-12-13-7-9-17-12)6-8-16-10-4-2-1-3-5-10/h1-5,7,9H,6,8H2,(H,13,14,15). The third-order valence-corrected chi connectivity index (χ3v) is 2.71. The van der Waals surface area contributed by atoms with Gasteiger partial charge < -0.3 is 10.1 Å². The van der Waals surface area contributed by atoms with Crippen molar-refractivity contribution in [3.8, 4) is 5.75 Å². The third kappa shape index (κ3) is 3.88. The van der Waals surface area contributed by atoms with Crippen LogP contribution in [0.2, 0.25) is 0 Å². The number of nitrogens with one attached hydrogen (secondary N) is 1. The molecule has 5 heteroatoms. The number of para-hydroxylation sites is 1. The number of aromatic nitrogens is 1. The van der Waals surface area contributed by atoms with Gasteiger partial charge in [-0.25, -0.2) is 4.98 Å². The van der Waals surface area contributed by atoms with Gasteiger partial charge in [-0.05, 0) is 12.1 Å². The molecule has 1 heterocycles. The normalized spacial score (nSPS) is 9.88. The minimum atomic E-state index is -0.0871. The molecular weight excluding hydrogens is 236 g/mol. The quantitative estimate of drug-likeness (QED) is 0.884. The van der Waals surface area contributed by atoms with Crippen molar-refractivity contribution >= 4 is 22.4 Å². The summed E-state index contributed by atoms with van der Waals surface area (Å²) < 4.78 is 5.42. The number of benzene rings is 1. The maximum absolute atomic E-state index is 11.5. The lowest BCUT2D eigenvalue weighted by molar-refractivity contribution is -0.116. The molecule has 0 radical (unpaired) electrons. The largest absolute Gasteiger partial charge is 0.493 e. The van der Waals surface area contributed by atoms with Crippen LogP contribution in [0.25, 0.3) is 0 Å². The summed E-state index contributed by atoms with van der Waals surface area (Å²) in [6, 6.07) is 9.43. The summed E-state index contributed by atoms with van der Waals surface area (Å²) in [5.74, 6) is 0.686. The minimum absolute atomic E-state index is 0.0871. The van der Waals surface area contributed by atoms with Gasteiger partial charge in [-0.2, -0.15) is 0 Å². The Hall–Kier alpha value is -1.88. The number of carbonyl (C=O) groups is 1. The molecule has 0 bridgehead atoms. The minimum Gasteiger partial charge on any atom is -0.493 e. The lowest BCUT2D eigenvalue weighted by atomic mass is 10.3. The van der Waals surface area contributed by atoms with Gasteiger partial charge in [0.15, 0.2) is 5.13 Å². The summed E-state index contributed by atoms with van der Waals surface area (Å²) in [5.41, 5.74) is 0. The number of nitrogens with zero attached hydrogens (tertiary/aromatic N) is 1. The van der Waals surface area contributed by atoms with Gasteiger partial charge in [-0.1, -0.05) is 18.2 Å². The fourth-order valence-corrected chi connectivity index (χ4v) is 1.79. The van der Waals surface area contributed by atoms with Crippen LogP contribution in [-0.2, 0) is 4.79 Å². The number of hydrogen-bond acceptors (Lipinski definition) is 4. The van der Waals surface area contributed by atoms with Gasteiger partial charge >= 0.3 is 0 Å². The molecule has 0 spiro atoms. The number of amides is 1. The predicted octanol–water partition coefficient (Wildman–Crippen LogP) is 2.55. The number of thiazole rings is 1. The molecule has 0 aliphatic carbocycles. The first-order chi connectivity index (χ1) is 8.34. The van der Waals surface area contributed by atoms with Crippen LogP contribution in [0.1, 0.15) is 6.42 Å². The number of ether oxygens (including phenoxy) is 1. The van der Waals surface area contributed by atoms with E-state index in [2.05, 4.69) is 10.3 Å². The van der Waals surface area contributed by atoms with Crippen LogP contribution in [0, 0.1) is 0 Å². The Kier molecular flexibility index (Phi) is 4.10. The molecule has 0 saturated carbocycles. The summed E-state index contributed by atoms with van der Waals surface area (Å²) >= 11 is 1.40. The molecule has 1 amide bonds. The SMILES string of the molecule is O=C(CCOc1ccccc1)Nc1nccs1. The van der Waals surface area contributed by atoms with E-state index in [9.17, 15) is 4.79 Å². The molecule has 1 aromatic carbocycles. The van der Waals surface area contributed by atoms with Crippen LogP contribution >= 0.6 is 11.3 Å². The molecular formula is C12H12N2O2S. The summed E-state index contributed by atoms with van der Waals surface area (Å²) in [6.07, 6.45) is 1.97. The zero-order chi connectivity index (χ0) is 11.9. The van der Waals surface area contributed by atoms with Crippen LogP contribution in [0.3, 0.4) is 0 Å². The van der Waals surface area contributed by atoms with Crippen molar-refractivity contribution in [2.75, 3.05) is 11.9 Å². The fourth-order valence-electron chi connectivity index (χ4n) is 1.25. The molecule has 0 atom stereocenters. The maximum Gasteiger partial charge on any atom is 0.229 e. The number of anilines is 1. The van der Waals surface area contributed by atoms with E-state index in [1.54, 1.807) is 6.20 Å². The molecule has 1 aromatic heterocycles. The van der Waals surface area contributed by atoms with Crippen LogP contribution in [-0.4, -0.2) is 17.5 Å². The van der Waals surface area contributed by atoms with Gasteiger partial charge in [0, 0.05) is 11.6 Å². The van der Waals surface area contributed by atoms with Crippen LogP contribution in [0.5, 0.6) is 5.75 Å². The van der Waals surface area contributed by atoms with Crippen molar-refractivity contribution < 1.29 is 9.53 Å². The maximum atomic E-state index is 11.5. The van der Waals surface area contributed by atoms with Crippen molar-refractivity contribution in [2.24, 2.45) is 0 Å². The van der Waals surface area contributed by atoms with E-state index < -0.39 is 0 Å². The van der Waals surface area contributed by atoms with E-state index in [4.69, 9.17) is 4.74 Å². The predicted molar refractivity (Wildman–Crippen MR) is 67.3 cm³/mol. The number of hydrogen-bond donors (Lipinski definition) is 1. The first kappa shape index (κ1) is 11.6. The Balaban J connectivity index is 1.70. The average Bonchev–Trinajstić information content (AvgIpc) is 2.83. The van der Waals surface area contributed by atoms with E-state index in [0.29, 0.717) is 18.2 Å². The lowest BCUT2D eigenvalue weighted by Gasteiger charge is -2.05. The van der Waals surface area contributed by atoms with Gasteiger partial charge in [0.05, 0.1) is 13.0 Å². The van der Waals surface area contributed by atoms with Crippen LogP contribution in [0.4, 0.5) is 5.13 Å². The molecule has 17 heavy (non-hydrogen) atoms. The zero-order valence-electron chi connectivity index (χ0n) is 9.13. The average molecular weight is 248 g/mol. The van der Waals surface area contributed by atoms with Gasteiger partial charge in [-0.3, -0.25) is 4.79 Å². The molecule has 2 aromatic rings. The Bertz CT molecular complexity index is 457. The van der Waals surface area contributed by atoms with Crippen LogP contribution in [0.15, 0.2) is 41.9 Å². The molecule has 4 nitrogen and oxygen atoms in total. The first-order valence-electron chi connectivity index (χ1n) is 5.22. The Morgan fingerprint density at radius 3 is 2.88 bits per heavy atom. The van der Waals surface area contributed by atoms with E-state index >= 15 is 0 Å².